The van der Waals surface area contributed by atoms with E-state index < -0.39 is 30.4 Å². The number of aliphatic hydroxyl groups excluding tert-OH is 3. The summed E-state index contributed by atoms with van der Waals surface area (Å²) in [5.74, 6) is -0.397. The summed E-state index contributed by atoms with van der Waals surface area (Å²) in [6.07, 6.45) is -3.00. The summed E-state index contributed by atoms with van der Waals surface area (Å²) in [6, 6.07) is 14.4. The van der Waals surface area contributed by atoms with Crippen LogP contribution in [0, 0.1) is 0 Å². The molecule has 1 saturated heterocycles. The van der Waals surface area contributed by atoms with Crippen molar-refractivity contribution in [3.05, 3.63) is 59.7 Å². The smallest absolute Gasteiger partial charge is 0.337 e. The molecule has 1 aliphatic rings. The number of methoxy groups -OCH3 is 1. The van der Waals surface area contributed by atoms with Gasteiger partial charge in [0.1, 0.15) is 12.2 Å². The van der Waals surface area contributed by atoms with Gasteiger partial charge < -0.3 is 24.8 Å². The fourth-order valence-corrected chi connectivity index (χ4v) is 3.16. The van der Waals surface area contributed by atoms with Gasteiger partial charge in [0.25, 0.3) is 0 Å². The van der Waals surface area contributed by atoms with Gasteiger partial charge in [-0.2, -0.15) is 0 Å². The Balaban J connectivity index is 1.83. The minimum Gasteiger partial charge on any atom is -0.465 e. The molecular formula is C20H22O6. The lowest BCUT2D eigenvalue weighted by molar-refractivity contribution is -0.179. The lowest BCUT2D eigenvalue weighted by Gasteiger charge is -2.36. The van der Waals surface area contributed by atoms with Gasteiger partial charge in [-0.05, 0) is 28.8 Å². The average Bonchev–Trinajstić information content (AvgIpc) is 2.69. The van der Waals surface area contributed by atoms with E-state index in [0.717, 1.165) is 11.1 Å². The van der Waals surface area contributed by atoms with Crippen LogP contribution >= 0.6 is 0 Å². The van der Waals surface area contributed by atoms with E-state index in [1.807, 2.05) is 18.2 Å². The van der Waals surface area contributed by atoms with Crippen molar-refractivity contribution in [1.29, 1.82) is 0 Å². The molecule has 138 valence electrons. The zero-order chi connectivity index (χ0) is 18.7. The Hall–Kier alpha value is -2.25. The summed E-state index contributed by atoms with van der Waals surface area (Å²) in [5, 5.41) is 29.5. The number of ether oxygens (including phenoxy) is 2. The Bertz CT molecular complexity index is 757. The molecule has 1 heterocycles. The molecule has 0 aliphatic carbocycles. The quantitative estimate of drug-likeness (QED) is 0.720. The minimum atomic E-state index is -1.05. The number of carbonyl (C=O) groups excluding carboxylic acids is 1. The van der Waals surface area contributed by atoms with Crippen LogP contribution in [0.3, 0.4) is 0 Å². The Morgan fingerprint density at radius 3 is 2.54 bits per heavy atom. The molecule has 1 fully saturated rings. The molecule has 0 bridgehead atoms. The van der Waals surface area contributed by atoms with Crippen LogP contribution in [-0.2, 0) is 9.47 Å². The summed E-state index contributed by atoms with van der Waals surface area (Å²) in [5.41, 5.74) is 2.93. The van der Waals surface area contributed by atoms with Crippen molar-refractivity contribution in [3.8, 4) is 11.1 Å². The highest BCUT2D eigenvalue weighted by atomic mass is 16.5. The predicted octanol–water partition coefficient (Wildman–Crippen LogP) is 1.68. The van der Waals surface area contributed by atoms with Crippen molar-refractivity contribution >= 4 is 5.97 Å². The topological polar surface area (TPSA) is 96.2 Å². The van der Waals surface area contributed by atoms with Crippen molar-refractivity contribution in [2.75, 3.05) is 13.7 Å². The maximum absolute atomic E-state index is 11.7. The average molecular weight is 358 g/mol. The van der Waals surface area contributed by atoms with E-state index in [1.54, 1.807) is 30.3 Å². The molecule has 4 atom stereocenters. The summed E-state index contributed by atoms with van der Waals surface area (Å²) >= 11 is 0. The second kappa shape index (κ2) is 7.97. The second-order valence-electron chi connectivity index (χ2n) is 6.35. The van der Waals surface area contributed by atoms with Gasteiger partial charge in [0, 0.05) is 6.42 Å². The highest BCUT2D eigenvalue weighted by Gasteiger charge is 2.37. The van der Waals surface area contributed by atoms with E-state index in [4.69, 9.17) is 9.47 Å². The summed E-state index contributed by atoms with van der Waals surface area (Å²) in [7, 11) is 1.34. The Kier molecular flexibility index (Phi) is 5.68. The predicted molar refractivity (Wildman–Crippen MR) is 94.5 cm³/mol. The molecule has 2 aromatic carbocycles. The first-order chi connectivity index (χ1) is 12.5. The standard InChI is InChI=1S/C20H22O6/c1-25-20(24)15-4-2-3-14(9-15)12-5-7-13(8-6-12)19-18(23)17(22)10-16(11-21)26-19/h2-9,16-19,21-23H,10-11H2,1H3. The highest BCUT2D eigenvalue weighted by Crippen LogP contribution is 2.33. The lowest BCUT2D eigenvalue weighted by Crippen LogP contribution is -2.44. The molecule has 0 saturated carbocycles. The van der Waals surface area contributed by atoms with Gasteiger partial charge in [-0.25, -0.2) is 4.79 Å². The van der Waals surface area contributed by atoms with Crippen LogP contribution in [0.2, 0.25) is 0 Å². The molecule has 6 heteroatoms. The van der Waals surface area contributed by atoms with Crippen molar-refractivity contribution in [2.24, 2.45) is 0 Å². The van der Waals surface area contributed by atoms with Crippen LogP contribution in [0.1, 0.15) is 28.4 Å². The monoisotopic (exact) mass is 358 g/mol. The Labute approximate surface area is 151 Å². The van der Waals surface area contributed by atoms with Crippen LogP contribution in [0.5, 0.6) is 0 Å². The highest BCUT2D eigenvalue weighted by molar-refractivity contribution is 5.90. The third-order valence-corrected chi connectivity index (χ3v) is 4.61. The zero-order valence-corrected chi connectivity index (χ0v) is 14.4. The van der Waals surface area contributed by atoms with Gasteiger partial charge in [-0.1, -0.05) is 36.4 Å². The molecular weight excluding hydrogens is 336 g/mol. The van der Waals surface area contributed by atoms with Crippen LogP contribution in [0.25, 0.3) is 11.1 Å². The zero-order valence-electron chi connectivity index (χ0n) is 14.4. The molecule has 0 radical (unpaired) electrons. The van der Waals surface area contributed by atoms with Gasteiger partial charge in [0.2, 0.25) is 0 Å². The second-order valence-corrected chi connectivity index (χ2v) is 6.35. The van der Waals surface area contributed by atoms with E-state index in [9.17, 15) is 20.1 Å². The van der Waals surface area contributed by atoms with Crippen molar-refractivity contribution in [2.45, 2.75) is 30.8 Å². The first kappa shape index (κ1) is 18.5. The molecule has 4 unspecified atom stereocenters. The van der Waals surface area contributed by atoms with Crippen LogP contribution in [0.4, 0.5) is 0 Å². The van der Waals surface area contributed by atoms with Crippen molar-refractivity contribution in [1.82, 2.24) is 0 Å². The lowest BCUT2D eigenvalue weighted by atomic mass is 9.92. The van der Waals surface area contributed by atoms with E-state index in [2.05, 4.69) is 0 Å². The number of hydrogen-bond acceptors (Lipinski definition) is 6. The number of esters is 1. The van der Waals surface area contributed by atoms with Gasteiger partial charge in [-0.3, -0.25) is 0 Å². The minimum absolute atomic E-state index is 0.201. The third-order valence-electron chi connectivity index (χ3n) is 4.61. The Morgan fingerprint density at radius 2 is 1.88 bits per heavy atom. The molecule has 3 N–H and O–H groups in total. The third kappa shape index (κ3) is 3.78. The van der Waals surface area contributed by atoms with Gasteiger partial charge in [0.05, 0.1) is 31.5 Å². The number of benzene rings is 2. The van der Waals surface area contributed by atoms with Crippen LogP contribution < -0.4 is 0 Å². The van der Waals surface area contributed by atoms with Crippen molar-refractivity contribution in [3.63, 3.8) is 0 Å². The largest absolute Gasteiger partial charge is 0.465 e. The van der Waals surface area contributed by atoms with Crippen LogP contribution in [-0.4, -0.2) is 53.3 Å². The fourth-order valence-electron chi connectivity index (χ4n) is 3.16. The Morgan fingerprint density at radius 1 is 1.15 bits per heavy atom. The summed E-state index contributed by atoms with van der Waals surface area (Å²) < 4.78 is 10.4. The van der Waals surface area contributed by atoms with Crippen molar-refractivity contribution < 1.29 is 29.6 Å². The molecule has 2 aromatic rings. The van der Waals surface area contributed by atoms with Gasteiger partial charge in [-0.15, -0.1) is 0 Å². The molecule has 3 rings (SSSR count). The molecule has 26 heavy (non-hydrogen) atoms. The molecule has 1 aliphatic heterocycles. The normalized spacial score (nSPS) is 25.7. The van der Waals surface area contributed by atoms with E-state index >= 15 is 0 Å². The summed E-state index contributed by atoms with van der Waals surface area (Å²) in [4.78, 5) is 11.7. The van der Waals surface area contributed by atoms with E-state index in [0.29, 0.717) is 11.1 Å². The molecule has 0 aromatic heterocycles. The molecule has 6 nitrogen and oxygen atoms in total. The number of aliphatic hydroxyl groups is 3. The summed E-state index contributed by atoms with van der Waals surface area (Å²) in [6.45, 7) is -0.210. The first-order valence-corrected chi connectivity index (χ1v) is 8.44. The number of rotatable bonds is 4. The maximum Gasteiger partial charge on any atom is 0.337 e. The number of hydrogen-bond donors (Lipinski definition) is 3. The molecule has 0 spiro atoms. The van der Waals surface area contributed by atoms with Gasteiger partial charge in [0.15, 0.2) is 0 Å². The van der Waals surface area contributed by atoms with Crippen LogP contribution in [0.15, 0.2) is 48.5 Å². The first-order valence-electron chi connectivity index (χ1n) is 8.44. The van der Waals surface area contributed by atoms with Gasteiger partial charge >= 0.3 is 5.97 Å². The number of carbonyl (C=O) groups is 1. The fraction of sp³-hybridized carbons (Fsp3) is 0.350. The maximum atomic E-state index is 11.7. The molecule has 0 amide bonds. The SMILES string of the molecule is COC(=O)c1cccc(-c2ccc(C3OC(CO)CC(O)C3O)cc2)c1. The van der Waals surface area contributed by atoms with E-state index in [1.165, 1.54) is 7.11 Å². The van der Waals surface area contributed by atoms with E-state index in [-0.39, 0.29) is 13.0 Å².